The molecule has 0 bridgehead atoms. The molecule has 3 unspecified atom stereocenters. The molecule has 0 radical (unpaired) electrons. The van der Waals surface area contributed by atoms with Gasteiger partial charge in [-0.15, -0.1) is 0 Å². The molecule has 0 spiro atoms. The minimum atomic E-state index is -4.80. The molecular weight excluding hydrogens is 1000 g/mol. The van der Waals surface area contributed by atoms with Crippen LogP contribution in [0.3, 0.4) is 0 Å². The summed E-state index contributed by atoms with van der Waals surface area (Å²) in [4.78, 5) is 48.5. The first kappa shape index (κ1) is 72.8. The summed E-state index contributed by atoms with van der Waals surface area (Å²) in [5.74, 6) is -1.66. The second kappa shape index (κ2) is 58.0. The number of hydrogen-bond acceptors (Lipinski definition) is 10. The molecule has 11 nitrogen and oxygen atoms in total. The summed E-state index contributed by atoms with van der Waals surface area (Å²) in [6, 6.07) is 0. The van der Waals surface area contributed by atoms with E-state index in [9.17, 15) is 28.9 Å². The van der Waals surface area contributed by atoms with Crippen LogP contribution in [0.25, 0.3) is 0 Å². The van der Waals surface area contributed by atoms with Gasteiger partial charge in [-0.1, -0.05) is 204 Å². The smallest absolute Gasteiger partial charge is 0.462 e. The number of aliphatic hydroxyl groups excluding tert-OH is 1. The van der Waals surface area contributed by atoms with Crippen molar-refractivity contribution in [2.45, 2.75) is 200 Å². The summed E-state index contributed by atoms with van der Waals surface area (Å²) in [5, 5.41) is 9.81. The van der Waals surface area contributed by atoms with E-state index in [4.69, 9.17) is 23.3 Å². The minimum absolute atomic E-state index is 0.0810. The SMILES string of the molecule is CC/C=C\C/C=C\C/C=C\C/C=C\C/C=C\C/C=C\CCC(=O)OCC(COP(=O)(O)OCC(CO)OC(=O)CCCCC/C=C\C/C=C\C/C=C\CC)OC(=O)CCCCC/C=C\C/C=C\C/C=C\C/C=C\C/C=C\CC. The maximum atomic E-state index is 12.9. The highest BCUT2D eigenvalue weighted by atomic mass is 31.2. The first-order valence-corrected chi connectivity index (χ1v) is 30.5. The number of hydrogen-bond donors (Lipinski definition) is 2. The zero-order chi connectivity index (χ0) is 56.9. The zero-order valence-electron chi connectivity index (χ0n) is 48.0. The average molecular weight is 1100 g/mol. The number of phosphoric ester groups is 1. The van der Waals surface area contributed by atoms with Gasteiger partial charge in [-0.05, 0) is 135 Å². The lowest BCUT2D eigenvalue weighted by molar-refractivity contribution is -0.161. The van der Waals surface area contributed by atoms with Crippen molar-refractivity contribution in [2.24, 2.45) is 0 Å². The van der Waals surface area contributed by atoms with Crippen LogP contribution in [-0.4, -0.2) is 66.5 Å². The van der Waals surface area contributed by atoms with E-state index in [1.807, 2.05) is 12.2 Å². The van der Waals surface area contributed by atoms with Gasteiger partial charge in [0.25, 0.3) is 0 Å². The van der Waals surface area contributed by atoms with Crippen molar-refractivity contribution in [1.29, 1.82) is 0 Å². The van der Waals surface area contributed by atoms with Crippen LogP contribution in [0, 0.1) is 0 Å². The largest absolute Gasteiger partial charge is 0.472 e. The molecular formula is C66H101O11P. The first-order chi connectivity index (χ1) is 38.2. The first-order valence-electron chi connectivity index (χ1n) is 29.0. The number of rotatable bonds is 51. The highest BCUT2D eigenvalue weighted by molar-refractivity contribution is 7.47. The molecule has 0 aliphatic carbocycles. The van der Waals surface area contributed by atoms with E-state index in [0.717, 1.165) is 128 Å². The third-order valence-corrected chi connectivity index (χ3v) is 12.1. The molecule has 78 heavy (non-hydrogen) atoms. The standard InChI is InChI=1S/C66H101O11P/c1-4-7-10-13-16-19-22-25-27-29-31-33-35-38-40-43-46-49-52-55-64(68)73-59-63(77-66(70)57-54-51-48-45-42-39-36-34-32-30-28-26-23-20-17-14-11-8-5-2)61-75-78(71,72)74-60-62(58-67)76-65(69)56-53-50-47-44-41-37-24-21-18-15-12-9-6-3/h7-12,16-21,25-28,31-34,37-42,46,49,62-63,67H,4-6,13-15,22-24,29-30,35-36,43-45,47-48,50-61H2,1-3H3,(H,71,72)/b10-7-,11-8-,12-9-,19-16-,20-17-,21-18-,27-25-,28-26-,33-31-,34-32-,40-38-,41-37-,42-39-,49-46-. The topological polar surface area (TPSA) is 155 Å². The number of ether oxygens (including phenoxy) is 3. The van der Waals surface area contributed by atoms with E-state index in [0.29, 0.717) is 19.3 Å². The fourth-order valence-electron chi connectivity index (χ4n) is 6.83. The third-order valence-electron chi connectivity index (χ3n) is 11.1. The van der Waals surface area contributed by atoms with E-state index in [-0.39, 0.29) is 19.3 Å². The molecule has 436 valence electrons. The minimum Gasteiger partial charge on any atom is -0.462 e. The average Bonchev–Trinajstić information content (AvgIpc) is 3.43. The van der Waals surface area contributed by atoms with E-state index in [1.54, 1.807) is 0 Å². The van der Waals surface area contributed by atoms with Crippen LogP contribution in [0.1, 0.15) is 188 Å². The molecule has 2 N–H and O–H groups in total. The third kappa shape index (κ3) is 55.6. The number of esters is 3. The van der Waals surface area contributed by atoms with Crippen molar-refractivity contribution < 1.29 is 52.2 Å². The second-order valence-electron chi connectivity index (χ2n) is 18.3. The van der Waals surface area contributed by atoms with Gasteiger partial charge in [0.05, 0.1) is 19.8 Å². The molecule has 0 aromatic rings. The van der Waals surface area contributed by atoms with E-state index in [1.165, 1.54) is 0 Å². The Morgan fingerprint density at radius 1 is 0.359 bits per heavy atom. The van der Waals surface area contributed by atoms with Crippen LogP contribution in [0.2, 0.25) is 0 Å². The van der Waals surface area contributed by atoms with Gasteiger partial charge in [0, 0.05) is 19.3 Å². The predicted molar refractivity (Wildman–Crippen MR) is 325 cm³/mol. The van der Waals surface area contributed by atoms with Gasteiger partial charge in [0.2, 0.25) is 0 Å². The van der Waals surface area contributed by atoms with Crippen LogP contribution in [0.5, 0.6) is 0 Å². The Hall–Kier alpha value is -5.16. The second-order valence-corrected chi connectivity index (χ2v) is 19.8. The Balaban J connectivity index is 4.96. The van der Waals surface area contributed by atoms with Crippen molar-refractivity contribution in [2.75, 3.05) is 26.4 Å². The number of aliphatic hydroxyl groups is 1. The van der Waals surface area contributed by atoms with E-state index < -0.39 is 64.4 Å². The summed E-state index contributed by atoms with van der Waals surface area (Å²) in [7, 11) is -4.80. The van der Waals surface area contributed by atoms with Gasteiger partial charge in [0.1, 0.15) is 12.7 Å². The fourth-order valence-corrected chi connectivity index (χ4v) is 7.62. The lowest BCUT2D eigenvalue weighted by atomic mass is 10.1. The van der Waals surface area contributed by atoms with Crippen molar-refractivity contribution in [3.63, 3.8) is 0 Å². The van der Waals surface area contributed by atoms with Gasteiger partial charge in [-0.3, -0.25) is 23.4 Å². The Morgan fingerprint density at radius 3 is 0.987 bits per heavy atom. The lowest BCUT2D eigenvalue weighted by Crippen LogP contribution is -2.30. The number of carbonyl (C=O) groups excluding carboxylic acids is 3. The monoisotopic (exact) mass is 1100 g/mol. The van der Waals surface area contributed by atoms with Gasteiger partial charge in [-0.25, -0.2) is 4.57 Å². The van der Waals surface area contributed by atoms with Crippen LogP contribution >= 0.6 is 7.82 Å². The van der Waals surface area contributed by atoms with Crippen LogP contribution in [-0.2, 0) is 42.2 Å². The summed E-state index contributed by atoms with van der Waals surface area (Å²) in [6.45, 7) is 4.11. The molecule has 0 fully saturated rings. The van der Waals surface area contributed by atoms with Gasteiger partial charge in [0.15, 0.2) is 6.10 Å². The Labute approximate surface area is 472 Å². The van der Waals surface area contributed by atoms with E-state index >= 15 is 0 Å². The maximum absolute atomic E-state index is 12.9. The molecule has 0 aliphatic heterocycles. The van der Waals surface area contributed by atoms with Crippen LogP contribution < -0.4 is 0 Å². The van der Waals surface area contributed by atoms with E-state index in [2.05, 4.69) is 179 Å². The van der Waals surface area contributed by atoms with Gasteiger partial charge in [-0.2, -0.15) is 0 Å². The van der Waals surface area contributed by atoms with Crippen molar-refractivity contribution in [3.05, 3.63) is 170 Å². The number of unbranched alkanes of at least 4 members (excludes halogenated alkanes) is 6. The molecule has 0 aromatic heterocycles. The van der Waals surface area contributed by atoms with Gasteiger partial charge < -0.3 is 24.2 Å². The van der Waals surface area contributed by atoms with Crippen molar-refractivity contribution in [1.82, 2.24) is 0 Å². The maximum Gasteiger partial charge on any atom is 0.472 e. The van der Waals surface area contributed by atoms with Crippen LogP contribution in [0.15, 0.2) is 170 Å². The Morgan fingerprint density at radius 2 is 0.654 bits per heavy atom. The molecule has 0 amide bonds. The molecule has 0 saturated heterocycles. The van der Waals surface area contributed by atoms with Gasteiger partial charge >= 0.3 is 25.7 Å². The Kier molecular flexibility index (Phi) is 54.2. The lowest BCUT2D eigenvalue weighted by Gasteiger charge is -2.21. The molecule has 3 atom stereocenters. The van der Waals surface area contributed by atoms with Crippen molar-refractivity contribution >= 4 is 25.7 Å². The number of carbonyl (C=O) groups is 3. The number of allylic oxidation sites excluding steroid dienone is 28. The quantitative estimate of drug-likeness (QED) is 0.0197. The molecule has 0 heterocycles. The highest BCUT2D eigenvalue weighted by Gasteiger charge is 2.28. The molecule has 12 heteroatoms. The molecule has 0 aliphatic rings. The summed E-state index contributed by atoms with van der Waals surface area (Å²) in [6.07, 6.45) is 77.6. The summed E-state index contributed by atoms with van der Waals surface area (Å²) < 4.78 is 39.4. The predicted octanol–water partition coefficient (Wildman–Crippen LogP) is 17.5. The molecule has 0 saturated carbocycles. The zero-order valence-corrected chi connectivity index (χ0v) is 48.9. The summed E-state index contributed by atoms with van der Waals surface area (Å²) >= 11 is 0. The van der Waals surface area contributed by atoms with Crippen molar-refractivity contribution in [3.8, 4) is 0 Å². The Bertz CT molecular complexity index is 1960. The number of phosphoric acid groups is 1. The normalized spacial score (nSPS) is 14.6. The summed E-state index contributed by atoms with van der Waals surface area (Å²) in [5.41, 5.74) is 0. The van der Waals surface area contributed by atoms with Crippen LogP contribution in [0.4, 0.5) is 0 Å². The molecule has 0 aromatic carbocycles. The fraction of sp³-hybridized carbons (Fsp3) is 0.530. The molecule has 0 rings (SSSR count). The highest BCUT2D eigenvalue weighted by Crippen LogP contribution is 2.43.